The molecule has 0 saturated heterocycles. The van der Waals surface area contributed by atoms with Crippen LogP contribution in [0.15, 0.2) is 72.8 Å². The molecule has 22 heavy (non-hydrogen) atoms. The van der Waals surface area contributed by atoms with Gasteiger partial charge in [0.05, 0.1) is 0 Å². The molecular formula is C20H20N2. The van der Waals surface area contributed by atoms with Crippen LogP contribution in [-0.2, 0) is 0 Å². The lowest BCUT2D eigenvalue weighted by Crippen LogP contribution is -1.93. The van der Waals surface area contributed by atoms with Crippen molar-refractivity contribution in [1.82, 2.24) is 0 Å². The highest BCUT2D eigenvalue weighted by molar-refractivity contribution is 5.68. The third-order valence-electron chi connectivity index (χ3n) is 3.54. The van der Waals surface area contributed by atoms with E-state index in [0.717, 1.165) is 22.7 Å². The van der Waals surface area contributed by atoms with E-state index in [9.17, 15) is 0 Å². The zero-order valence-corrected chi connectivity index (χ0v) is 12.9. The number of nitrogens with one attached hydrogen (secondary N) is 2. The van der Waals surface area contributed by atoms with Gasteiger partial charge < -0.3 is 10.6 Å². The van der Waals surface area contributed by atoms with Crippen LogP contribution in [0.2, 0.25) is 0 Å². The Balaban J connectivity index is 1.74. The average Bonchev–Trinajstić information content (AvgIpc) is 2.52. The first-order valence-corrected chi connectivity index (χ1v) is 7.46. The third-order valence-corrected chi connectivity index (χ3v) is 3.54. The fourth-order valence-electron chi connectivity index (χ4n) is 2.28. The topological polar surface area (TPSA) is 24.1 Å². The summed E-state index contributed by atoms with van der Waals surface area (Å²) in [7, 11) is 0. The van der Waals surface area contributed by atoms with Gasteiger partial charge in [0.25, 0.3) is 0 Å². The molecule has 3 rings (SSSR count). The number of rotatable bonds is 4. The Kier molecular flexibility index (Phi) is 4.10. The van der Waals surface area contributed by atoms with Crippen LogP contribution in [0.4, 0.5) is 22.7 Å². The van der Waals surface area contributed by atoms with Crippen LogP contribution >= 0.6 is 0 Å². The van der Waals surface area contributed by atoms with Crippen LogP contribution in [0, 0.1) is 13.8 Å². The van der Waals surface area contributed by atoms with E-state index in [1.54, 1.807) is 0 Å². The minimum Gasteiger partial charge on any atom is -0.355 e. The summed E-state index contributed by atoms with van der Waals surface area (Å²) >= 11 is 0. The average molecular weight is 288 g/mol. The molecule has 3 aromatic rings. The Labute approximate surface area is 131 Å². The minimum absolute atomic E-state index is 1.07. The zero-order chi connectivity index (χ0) is 15.4. The van der Waals surface area contributed by atoms with Crippen molar-refractivity contribution in [3.63, 3.8) is 0 Å². The van der Waals surface area contributed by atoms with E-state index in [4.69, 9.17) is 0 Å². The van der Waals surface area contributed by atoms with Crippen LogP contribution in [0.5, 0.6) is 0 Å². The molecule has 0 aliphatic heterocycles. The van der Waals surface area contributed by atoms with Crippen LogP contribution < -0.4 is 10.6 Å². The smallest absolute Gasteiger partial charge is 0.0405 e. The predicted octanol–water partition coefficient (Wildman–Crippen LogP) is 5.79. The third kappa shape index (κ3) is 3.67. The second-order valence-corrected chi connectivity index (χ2v) is 5.56. The molecule has 0 amide bonds. The van der Waals surface area contributed by atoms with Crippen LogP contribution in [0.1, 0.15) is 11.1 Å². The van der Waals surface area contributed by atoms with Gasteiger partial charge in [-0.25, -0.2) is 0 Å². The maximum atomic E-state index is 3.43. The minimum atomic E-state index is 1.07. The highest BCUT2D eigenvalue weighted by atomic mass is 14.9. The quantitative estimate of drug-likeness (QED) is 0.635. The summed E-state index contributed by atoms with van der Waals surface area (Å²) < 4.78 is 0. The molecule has 0 fully saturated rings. The van der Waals surface area contributed by atoms with Crippen molar-refractivity contribution in [2.45, 2.75) is 13.8 Å². The number of hydrogen-bond acceptors (Lipinski definition) is 2. The summed E-state index contributed by atoms with van der Waals surface area (Å²) in [6.45, 7) is 4.19. The van der Waals surface area contributed by atoms with Gasteiger partial charge in [0, 0.05) is 22.7 Å². The molecule has 3 aromatic carbocycles. The number of anilines is 4. The monoisotopic (exact) mass is 288 g/mol. The van der Waals surface area contributed by atoms with Crippen LogP contribution in [0.25, 0.3) is 0 Å². The first-order chi connectivity index (χ1) is 10.7. The maximum Gasteiger partial charge on any atom is 0.0405 e. The molecule has 0 atom stereocenters. The molecule has 110 valence electrons. The van der Waals surface area contributed by atoms with E-state index in [1.807, 2.05) is 6.07 Å². The Morgan fingerprint density at radius 3 is 1.32 bits per heavy atom. The molecule has 0 bridgehead atoms. The van der Waals surface area contributed by atoms with Crippen LogP contribution in [0.3, 0.4) is 0 Å². The van der Waals surface area contributed by atoms with Crippen LogP contribution in [-0.4, -0.2) is 0 Å². The molecule has 2 heteroatoms. The predicted molar refractivity (Wildman–Crippen MR) is 95.4 cm³/mol. The van der Waals surface area contributed by atoms with Crippen molar-refractivity contribution in [2.75, 3.05) is 10.6 Å². The van der Waals surface area contributed by atoms with E-state index in [1.165, 1.54) is 11.1 Å². The zero-order valence-electron chi connectivity index (χ0n) is 12.9. The first kappa shape index (κ1) is 14.2. The molecule has 0 aliphatic rings. The van der Waals surface area contributed by atoms with Crippen molar-refractivity contribution >= 4 is 22.7 Å². The van der Waals surface area contributed by atoms with E-state index < -0.39 is 0 Å². The summed E-state index contributed by atoms with van der Waals surface area (Å²) in [5.41, 5.74) is 6.86. The maximum absolute atomic E-state index is 3.43. The van der Waals surface area contributed by atoms with E-state index in [0.29, 0.717) is 0 Å². The number of benzene rings is 3. The molecule has 0 aliphatic carbocycles. The lowest BCUT2D eigenvalue weighted by molar-refractivity contribution is 1.44. The van der Waals surface area contributed by atoms with Crippen molar-refractivity contribution in [1.29, 1.82) is 0 Å². The Hall–Kier alpha value is -2.74. The van der Waals surface area contributed by atoms with Gasteiger partial charge in [-0.05, 0) is 56.3 Å². The number of aryl methyl sites for hydroxylation is 2. The second-order valence-electron chi connectivity index (χ2n) is 5.56. The summed E-state index contributed by atoms with van der Waals surface area (Å²) in [5.74, 6) is 0. The van der Waals surface area contributed by atoms with Gasteiger partial charge in [-0.3, -0.25) is 0 Å². The van der Waals surface area contributed by atoms with Crippen molar-refractivity contribution in [2.24, 2.45) is 0 Å². The van der Waals surface area contributed by atoms with Gasteiger partial charge in [-0.15, -0.1) is 0 Å². The Morgan fingerprint density at radius 1 is 0.500 bits per heavy atom. The molecule has 0 saturated carbocycles. The summed E-state index contributed by atoms with van der Waals surface area (Å²) in [5, 5.41) is 6.85. The van der Waals surface area contributed by atoms with E-state index in [2.05, 4.69) is 91.2 Å². The normalized spacial score (nSPS) is 10.3. The van der Waals surface area contributed by atoms with Crippen molar-refractivity contribution in [3.8, 4) is 0 Å². The molecule has 0 unspecified atom stereocenters. The fraction of sp³-hybridized carbons (Fsp3) is 0.100. The fourth-order valence-corrected chi connectivity index (χ4v) is 2.28. The van der Waals surface area contributed by atoms with Gasteiger partial charge in [0.1, 0.15) is 0 Å². The van der Waals surface area contributed by atoms with Gasteiger partial charge >= 0.3 is 0 Å². The molecule has 0 heterocycles. The number of hydrogen-bond donors (Lipinski definition) is 2. The molecular weight excluding hydrogens is 268 g/mol. The Bertz CT molecular complexity index is 681. The van der Waals surface area contributed by atoms with Gasteiger partial charge in [0.2, 0.25) is 0 Å². The van der Waals surface area contributed by atoms with Crippen molar-refractivity contribution < 1.29 is 0 Å². The Morgan fingerprint density at radius 2 is 0.909 bits per heavy atom. The standard InChI is InChI=1S/C20H20N2/c1-15-6-10-17(11-7-15)21-19-4-3-5-20(14-19)22-18-12-8-16(2)9-13-18/h3-14,21-22H,1-2H3. The molecule has 0 aromatic heterocycles. The van der Waals surface area contributed by atoms with Gasteiger partial charge in [-0.2, -0.15) is 0 Å². The molecule has 0 spiro atoms. The first-order valence-electron chi connectivity index (χ1n) is 7.46. The highest BCUT2D eigenvalue weighted by Crippen LogP contribution is 2.23. The molecule has 2 N–H and O–H groups in total. The summed E-state index contributed by atoms with van der Waals surface area (Å²) in [6, 6.07) is 25.1. The largest absolute Gasteiger partial charge is 0.355 e. The summed E-state index contributed by atoms with van der Waals surface area (Å²) in [4.78, 5) is 0. The van der Waals surface area contributed by atoms with Gasteiger partial charge in [0.15, 0.2) is 0 Å². The van der Waals surface area contributed by atoms with Crippen molar-refractivity contribution in [3.05, 3.63) is 83.9 Å². The lowest BCUT2D eigenvalue weighted by Gasteiger charge is -2.11. The molecule has 2 nitrogen and oxygen atoms in total. The summed E-state index contributed by atoms with van der Waals surface area (Å²) in [6.07, 6.45) is 0. The second kappa shape index (κ2) is 6.35. The van der Waals surface area contributed by atoms with Gasteiger partial charge in [-0.1, -0.05) is 41.5 Å². The molecule has 0 radical (unpaired) electrons. The van der Waals surface area contributed by atoms with E-state index in [-0.39, 0.29) is 0 Å². The highest BCUT2D eigenvalue weighted by Gasteiger charge is 1.98. The SMILES string of the molecule is Cc1ccc(Nc2cccc(Nc3ccc(C)cc3)c2)cc1. The van der Waals surface area contributed by atoms with E-state index >= 15 is 0 Å². The lowest BCUT2D eigenvalue weighted by atomic mass is 10.2.